The maximum atomic E-state index is 13.8. The van der Waals surface area contributed by atoms with Crippen molar-refractivity contribution in [2.24, 2.45) is 11.8 Å². The summed E-state index contributed by atoms with van der Waals surface area (Å²) in [6.45, 7) is 0. The molecule has 0 bridgehead atoms. The average Bonchev–Trinajstić information content (AvgIpc) is 3.40. The molecule has 0 aliphatic carbocycles. The van der Waals surface area contributed by atoms with Crippen LogP contribution < -0.4 is 4.90 Å². The number of carbonyl (C=O) groups excluding carboxylic acids is 4. The minimum atomic E-state index is -0.943. The van der Waals surface area contributed by atoms with E-state index in [9.17, 15) is 19.2 Å². The second kappa shape index (κ2) is 9.39. The Balaban J connectivity index is 1.44. The van der Waals surface area contributed by atoms with Gasteiger partial charge < -0.3 is 4.90 Å². The van der Waals surface area contributed by atoms with Crippen molar-refractivity contribution in [1.29, 1.82) is 0 Å². The first-order chi connectivity index (χ1) is 18.3. The summed E-state index contributed by atoms with van der Waals surface area (Å²) in [4.78, 5) is 57.6. The highest BCUT2D eigenvalue weighted by Crippen LogP contribution is 2.47. The van der Waals surface area contributed by atoms with Gasteiger partial charge in [-0.25, -0.2) is 4.90 Å². The monoisotopic (exact) mass is 542 g/mol. The molecular formula is C30H20Cl2N2O4. The SMILES string of the molecule is O=C(C1=C[C@@H]2[C@@H]3C(=O)N(c4cccc(Cl)c4)C(=O)[C@@H]3[C@@H](C(=O)c3ccc(Cl)cc3)N2C=C1)c1ccccc1. The van der Waals surface area contributed by atoms with E-state index in [-0.39, 0.29) is 11.6 Å². The van der Waals surface area contributed by atoms with Crippen LogP contribution in [0.4, 0.5) is 5.69 Å². The van der Waals surface area contributed by atoms with Crippen LogP contribution in [0.1, 0.15) is 20.7 Å². The van der Waals surface area contributed by atoms with E-state index in [4.69, 9.17) is 23.2 Å². The molecule has 2 fully saturated rings. The van der Waals surface area contributed by atoms with Gasteiger partial charge in [0.05, 0.1) is 23.6 Å². The van der Waals surface area contributed by atoms with Gasteiger partial charge in [0.15, 0.2) is 11.6 Å². The number of hydrogen-bond donors (Lipinski definition) is 0. The van der Waals surface area contributed by atoms with Gasteiger partial charge in [-0.3, -0.25) is 19.2 Å². The van der Waals surface area contributed by atoms with E-state index in [1.54, 1.807) is 96.0 Å². The molecule has 4 atom stereocenters. The molecule has 0 spiro atoms. The number of ketones is 2. The summed E-state index contributed by atoms with van der Waals surface area (Å²) in [7, 11) is 0. The lowest BCUT2D eigenvalue weighted by atomic mass is 9.85. The summed E-state index contributed by atoms with van der Waals surface area (Å²) < 4.78 is 0. The van der Waals surface area contributed by atoms with E-state index >= 15 is 0 Å². The minimum absolute atomic E-state index is 0.200. The van der Waals surface area contributed by atoms with Crippen LogP contribution in [0.2, 0.25) is 10.0 Å². The Kier molecular flexibility index (Phi) is 6.01. The number of amides is 2. The van der Waals surface area contributed by atoms with E-state index in [2.05, 4.69) is 0 Å². The highest BCUT2D eigenvalue weighted by atomic mass is 35.5. The molecule has 38 heavy (non-hydrogen) atoms. The summed E-state index contributed by atoms with van der Waals surface area (Å²) in [6.07, 6.45) is 5.00. The summed E-state index contributed by atoms with van der Waals surface area (Å²) in [5.74, 6) is -3.20. The Hall–Kier alpha value is -4.00. The molecule has 0 aromatic heterocycles. The molecule has 0 saturated carbocycles. The fourth-order valence-electron chi connectivity index (χ4n) is 5.61. The minimum Gasteiger partial charge on any atom is -0.359 e. The van der Waals surface area contributed by atoms with Gasteiger partial charge >= 0.3 is 0 Å². The van der Waals surface area contributed by atoms with Crippen molar-refractivity contribution in [2.75, 3.05) is 4.90 Å². The zero-order valence-corrected chi connectivity index (χ0v) is 21.3. The van der Waals surface area contributed by atoms with Gasteiger partial charge in [0.25, 0.3) is 0 Å². The molecule has 0 radical (unpaired) electrons. The third kappa shape index (κ3) is 3.88. The molecule has 6 nitrogen and oxygen atoms in total. The molecule has 3 aliphatic rings. The number of anilines is 1. The van der Waals surface area contributed by atoms with Crippen LogP contribution in [0.3, 0.4) is 0 Å². The van der Waals surface area contributed by atoms with Crippen molar-refractivity contribution in [3.05, 3.63) is 124 Å². The standard InChI is InChI=1S/C30H20Cl2N2O4/c31-20-11-9-18(10-12-20)28(36)26-25-24(29(37)34(30(25)38)22-8-4-7-21(32)16-22)23-15-19(13-14-33(23)26)27(35)17-5-2-1-3-6-17/h1-16,23-26H/t23-,24+,25+,26+/m1/s1. The van der Waals surface area contributed by atoms with E-state index in [0.717, 1.165) is 4.90 Å². The van der Waals surface area contributed by atoms with Crippen LogP contribution in [-0.4, -0.2) is 40.4 Å². The third-order valence-electron chi connectivity index (χ3n) is 7.31. The maximum absolute atomic E-state index is 13.8. The number of benzene rings is 3. The number of Topliss-reactive ketones (excluding diaryl/α,β-unsaturated/α-hetero) is 2. The normalized spacial score (nSPS) is 23.8. The smallest absolute Gasteiger partial charge is 0.240 e. The predicted molar refractivity (Wildman–Crippen MR) is 144 cm³/mol. The predicted octanol–water partition coefficient (Wildman–Crippen LogP) is 5.37. The molecule has 3 aliphatic heterocycles. The van der Waals surface area contributed by atoms with E-state index in [0.29, 0.717) is 32.4 Å². The number of hydrogen-bond acceptors (Lipinski definition) is 5. The molecule has 0 N–H and O–H groups in total. The second-order valence-electron chi connectivity index (χ2n) is 9.43. The van der Waals surface area contributed by atoms with Crippen molar-refractivity contribution < 1.29 is 19.2 Å². The fourth-order valence-corrected chi connectivity index (χ4v) is 5.92. The van der Waals surface area contributed by atoms with Gasteiger partial charge in [0.2, 0.25) is 11.8 Å². The number of carbonyl (C=O) groups is 4. The lowest BCUT2D eigenvalue weighted by molar-refractivity contribution is -0.123. The maximum Gasteiger partial charge on any atom is 0.240 e. The summed E-state index contributed by atoms with van der Waals surface area (Å²) in [6, 6.07) is 20.2. The van der Waals surface area contributed by atoms with Gasteiger partial charge in [-0.2, -0.15) is 0 Å². The fraction of sp³-hybridized carbons (Fsp3) is 0.133. The van der Waals surface area contributed by atoms with Crippen LogP contribution >= 0.6 is 23.2 Å². The van der Waals surface area contributed by atoms with Gasteiger partial charge in [0.1, 0.15) is 6.04 Å². The number of nitrogens with zero attached hydrogens (tertiary/aromatic N) is 2. The Morgan fingerprint density at radius 1 is 0.737 bits per heavy atom. The summed E-state index contributed by atoms with van der Waals surface area (Å²) in [5, 5.41) is 0.861. The van der Waals surface area contributed by atoms with Crippen molar-refractivity contribution >= 4 is 52.3 Å². The van der Waals surface area contributed by atoms with Crippen LogP contribution in [0, 0.1) is 11.8 Å². The van der Waals surface area contributed by atoms with Gasteiger partial charge in [-0.05, 0) is 48.5 Å². The lowest BCUT2D eigenvalue weighted by Crippen LogP contribution is -2.46. The van der Waals surface area contributed by atoms with Crippen molar-refractivity contribution in [1.82, 2.24) is 4.90 Å². The summed E-state index contributed by atoms with van der Waals surface area (Å²) >= 11 is 12.2. The molecule has 188 valence electrons. The van der Waals surface area contributed by atoms with Crippen LogP contribution in [0.5, 0.6) is 0 Å². The highest BCUT2D eigenvalue weighted by molar-refractivity contribution is 6.32. The highest BCUT2D eigenvalue weighted by Gasteiger charge is 2.63. The first kappa shape index (κ1) is 24.3. The molecule has 2 saturated heterocycles. The Morgan fingerprint density at radius 2 is 1.45 bits per heavy atom. The lowest BCUT2D eigenvalue weighted by Gasteiger charge is -2.32. The number of halogens is 2. The Morgan fingerprint density at radius 3 is 2.16 bits per heavy atom. The van der Waals surface area contributed by atoms with Crippen LogP contribution in [0.15, 0.2) is 103 Å². The van der Waals surface area contributed by atoms with Gasteiger partial charge in [0, 0.05) is 32.9 Å². The number of allylic oxidation sites excluding steroid dienone is 2. The molecule has 3 heterocycles. The van der Waals surface area contributed by atoms with Crippen LogP contribution in [0.25, 0.3) is 0 Å². The topological polar surface area (TPSA) is 74.8 Å². The largest absolute Gasteiger partial charge is 0.359 e. The number of imide groups is 1. The first-order valence-electron chi connectivity index (χ1n) is 12.1. The zero-order chi connectivity index (χ0) is 26.6. The molecule has 2 amide bonds. The zero-order valence-electron chi connectivity index (χ0n) is 19.8. The van der Waals surface area contributed by atoms with Gasteiger partial charge in [-0.15, -0.1) is 0 Å². The summed E-state index contributed by atoms with van der Waals surface area (Å²) in [5.41, 5.74) is 1.64. The molecule has 6 rings (SSSR count). The number of fused-ring (bicyclic) bond motifs is 3. The third-order valence-corrected chi connectivity index (χ3v) is 7.80. The van der Waals surface area contributed by atoms with Crippen LogP contribution in [-0.2, 0) is 9.59 Å². The average molecular weight is 543 g/mol. The Labute approximate surface area is 228 Å². The number of rotatable bonds is 5. The van der Waals surface area contributed by atoms with E-state index in [1.807, 2.05) is 6.07 Å². The molecule has 3 aromatic rings. The first-order valence-corrected chi connectivity index (χ1v) is 12.8. The molecular weight excluding hydrogens is 523 g/mol. The molecule has 3 aromatic carbocycles. The van der Waals surface area contributed by atoms with E-state index < -0.39 is 35.7 Å². The Bertz CT molecular complexity index is 1550. The van der Waals surface area contributed by atoms with E-state index in [1.165, 1.54) is 0 Å². The second-order valence-corrected chi connectivity index (χ2v) is 10.3. The molecule has 8 heteroatoms. The van der Waals surface area contributed by atoms with Crippen molar-refractivity contribution in [3.63, 3.8) is 0 Å². The van der Waals surface area contributed by atoms with Crippen molar-refractivity contribution in [2.45, 2.75) is 12.1 Å². The van der Waals surface area contributed by atoms with Crippen molar-refractivity contribution in [3.8, 4) is 0 Å². The molecule has 0 unspecified atom stereocenters. The quantitative estimate of drug-likeness (QED) is 0.320. The van der Waals surface area contributed by atoms with Gasteiger partial charge in [-0.1, -0.05) is 65.7 Å².